The summed E-state index contributed by atoms with van der Waals surface area (Å²) in [6, 6.07) is 13.0. The molecule has 0 amide bonds. The summed E-state index contributed by atoms with van der Waals surface area (Å²) in [4.78, 5) is 19.4. The van der Waals surface area contributed by atoms with Crippen LogP contribution in [0.3, 0.4) is 0 Å². The Balaban J connectivity index is 2.01. The molecule has 1 unspecified atom stereocenters. The third-order valence-corrected chi connectivity index (χ3v) is 7.45. The van der Waals surface area contributed by atoms with Crippen molar-refractivity contribution in [1.82, 2.24) is 0 Å². The summed E-state index contributed by atoms with van der Waals surface area (Å²) >= 11 is 12.7. The monoisotopic (exact) mass is 544 g/mol. The third-order valence-electron chi connectivity index (χ3n) is 5.96. The van der Waals surface area contributed by atoms with Gasteiger partial charge in [0, 0.05) is 33.4 Å². The van der Waals surface area contributed by atoms with Crippen LogP contribution in [0, 0.1) is 11.3 Å². The van der Waals surface area contributed by atoms with E-state index in [1.165, 1.54) is 18.5 Å². The van der Waals surface area contributed by atoms with E-state index in [1.807, 2.05) is 0 Å². The van der Waals surface area contributed by atoms with Gasteiger partial charge in [-0.3, -0.25) is 9.69 Å². The molecule has 1 heterocycles. The molecule has 0 saturated carbocycles. The number of sulfonamides is 1. The fourth-order valence-electron chi connectivity index (χ4n) is 4.44. The van der Waals surface area contributed by atoms with Crippen LogP contribution in [-0.2, 0) is 19.6 Å². The van der Waals surface area contributed by atoms with Crippen molar-refractivity contribution in [3.63, 3.8) is 0 Å². The van der Waals surface area contributed by atoms with Crippen molar-refractivity contribution in [3.8, 4) is 6.07 Å². The number of Topliss-reactive ketones (excluding diaryl/α,β-unsaturated/α-hetero) is 1. The lowest BCUT2D eigenvalue weighted by Gasteiger charge is -2.39. The first kappa shape index (κ1) is 25.9. The molecule has 36 heavy (non-hydrogen) atoms. The van der Waals surface area contributed by atoms with Gasteiger partial charge < -0.3 is 4.74 Å². The second kappa shape index (κ2) is 10.4. The summed E-state index contributed by atoms with van der Waals surface area (Å²) in [5.41, 5.74) is 2.39. The van der Waals surface area contributed by atoms with Crippen molar-refractivity contribution in [3.05, 3.63) is 80.7 Å². The summed E-state index contributed by atoms with van der Waals surface area (Å²) < 4.78 is 28.9. The van der Waals surface area contributed by atoms with Gasteiger partial charge in [0.15, 0.2) is 18.0 Å². The average molecular weight is 545 g/mol. The van der Waals surface area contributed by atoms with E-state index in [9.17, 15) is 18.5 Å². The van der Waals surface area contributed by atoms with Gasteiger partial charge >= 0.3 is 0 Å². The van der Waals surface area contributed by atoms with E-state index in [2.05, 4.69) is 11.1 Å². The molecule has 186 valence electrons. The number of ether oxygens (including phenoxy) is 1. The highest BCUT2D eigenvalue weighted by molar-refractivity contribution is 7.89. The van der Waals surface area contributed by atoms with E-state index in [1.54, 1.807) is 42.2 Å². The predicted molar refractivity (Wildman–Crippen MR) is 138 cm³/mol. The SMILES string of the molecule is CCOC=NC1=C(C#N)C(c2ccc(Cl)cc2Cl)C2=C(CCCC2=O)N1c1ccc(S(N)(=O)=O)cc1. The summed E-state index contributed by atoms with van der Waals surface area (Å²) in [5, 5.41) is 16.4. The smallest absolute Gasteiger partial charge is 0.238 e. The summed E-state index contributed by atoms with van der Waals surface area (Å²) in [6.45, 7) is 2.16. The number of benzene rings is 2. The molecule has 1 aliphatic heterocycles. The van der Waals surface area contributed by atoms with E-state index in [4.69, 9.17) is 33.1 Å². The van der Waals surface area contributed by atoms with Crippen molar-refractivity contribution in [2.45, 2.75) is 37.0 Å². The number of hydrogen-bond donors (Lipinski definition) is 1. The molecule has 2 N–H and O–H groups in total. The molecular formula is C25H22Cl2N4O4S. The minimum atomic E-state index is -3.91. The molecule has 0 saturated heterocycles. The molecular weight excluding hydrogens is 523 g/mol. The lowest BCUT2D eigenvalue weighted by Crippen LogP contribution is -2.35. The van der Waals surface area contributed by atoms with Crippen LogP contribution in [0.1, 0.15) is 37.7 Å². The van der Waals surface area contributed by atoms with Gasteiger partial charge in [-0.25, -0.2) is 18.5 Å². The Morgan fingerprint density at radius 1 is 1.22 bits per heavy atom. The standard InChI is InChI=1S/C25H22Cl2N4O4S/c1-2-35-14-30-25-19(13-28)23(18-11-6-15(26)12-20(18)27)24-21(4-3-5-22(24)32)31(25)16-7-9-17(10-8-16)36(29,33)34/h6-12,14,23H,2-5H2,1H3,(H2,29,33,34). The highest BCUT2D eigenvalue weighted by Gasteiger charge is 2.41. The van der Waals surface area contributed by atoms with Crippen molar-refractivity contribution < 1.29 is 17.9 Å². The maximum absolute atomic E-state index is 13.3. The molecule has 2 aromatic carbocycles. The average Bonchev–Trinajstić information content (AvgIpc) is 2.83. The first-order chi connectivity index (χ1) is 17.2. The van der Waals surface area contributed by atoms with Gasteiger partial charge in [-0.1, -0.05) is 29.3 Å². The number of nitrogens with zero attached hydrogens (tertiary/aromatic N) is 3. The first-order valence-electron chi connectivity index (χ1n) is 11.1. The highest BCUT2D eigenvalue weighted by Crippen LogP contribution is 2.49. The van der Waals surface area contributed by atoms with E-state index in [0.717, 1.165) is 0 Å². The number of anilines is 1. The fourth-order valence-corrected chi connectivity index (χ4v) is 5.47. The molecule has 2 aliphatic rings. The maximum atomic E-state index is 13.3. The van der Waals surface area contributed by atoms with Gasteiger partial charge in [0.1, 0.15) is 0 Å². The Labute approximate surface area is 219 Å². The number of carbonyl (C=O) groups is 1. The molecule has 8 nitrogen and oxygen atoms in total. The molecule has 11 heteroatoms. The molecule has 4 rings (SSSR count). The van der Waals surface area contributed by atoms with E-state index in [0.29, 0.717) is 58.4 Å². The van der Waals surface area contributed by atoms with Crippen molar-refractivity contribution in [1.29, 1.82) is 5.26 Å². The van der Waals surface area contributed by atoms with Crippen LogP contribution in [0.5, 0.6) is 0 Å². The highest BCUT2D eigenvalue weighted by atomic mass is 35.5. The van der Waals surface area contributed by atoms with Crippen LogP contribution in [-0.4, -0.2) is 27.2 Å². The Morgan fingerprint density at radius 3 is 2.56 bits per heavy atom. The summed E-state index contributed by atoms with van der Waals surface area (Å²) in [6.07, 6.45) is 2.71. The number of nitrogens with two attached hydrogens (primary N) is 1. The maximum Gasteiger partial charge on any atom is 0.238 e. The molecule has 0 fully saturated rings. The first-order valence-corrected chi connectivity index (χ1v) is 13.4. The Bertz CT molecular complexity index is 1460. The quantitative estimate of drug-likeness (QED) is 0.400. The largest absolute Gasteiger partial charge is 0.483 e. The van der Waals surface area contributed by atoms with Crippen LogP contribution in [0.4, 0.5) is 5.69 Å². The lowest BCUT2D eigenvalue weighted by atomic mass is 9.75. The number of rotatable bonds is 6. The normalized spacial score (nSPS) is 18.5. The minimum Gasteiger partial charge on any atom is -0.483 e. The van der Waals surface area contributed by atoms with Crippen molar-refractivity contribution in [2.75, 3.05) is 11.5 Å². The van der Waals surface area contributed by atoms with Gasteiger partial charge in [-0.2, -0.15) is 5.26 Å². The zero-order chi connectivity index (χ0) is 26.0. The van der Waals surface area contributed by atoms with Crippen LogP contribution >= 0.6 is 23.2 Å². The van der Waals surface area contributed by atoms with E-state index < -0.39 is 15.9 Å². The number of nitriles is 1. The number of aliphatic imine (C=N–C) groups is 1. The number of hydrogen-bond acceptors (Lipinski definition) is 7. The molecule has 1 atom stereocenters. The van der Waals surface area contributed by atoms with Gasteiger partial charge in [0.2, 0.25) is 10.0 Å². The van der Waals surface area contributed by atoms with Crippen molar-refractivity contribution in [2.24, 2.45) is 10.1 Å². The number of ketones is 1. The Morgan fingerprint density at radius 2 is 1.94 bits per heavy atom. The number of primary sulfonamides is 1. The summed E-state index contributed by atoms with van der Waals surface area (Å²) in [5.74, 6) is -0.603. The number of carbonyl (C=O) groups excluding carboxylic acids is 1. The molecule has 2 aromatic rings. The predicted octanol–water partition coefficient (Wildman–Crippen LogP) is 5.05. The summed E-state index contributed by atoms with van der Waals surface area (Å²) in [7, 11) is -3.91. The minimum absolute atomic E-state index is 0.0631. The van der Waals surface area contributed by atoms with Gasteiger partial charge in [-0.15, -0.1) is 0 Å². The second-order valence-electron chi connectivity index (χ2n) is 8.15. The van der Waals surface area contributed by atoms with Gasteiger partial charge in [0.05, 0.1) is 29.1 Å². The Hall–Kier alpha value is -3.16. The van der Waals surface area contributed by atoms with E-state index in [-0.39, 0.29) is 22.1 Å². The zero-order valence-electron chi connectivity index (χ0n) is 19.2. The van der Waals surface area contributed by atoms with Crippen LogP contribution in [0.2, 0.25) is 10.0 Å². The van der Waals surface area contributed by atoms with Crippen LogP contribution in [0.25, 0.3) is 0 Å². The van der Waals surface area contributed by atoms with Crippen LogP contribution in [0.15, 0.2) is 75.0 Å². The number of allylic oxidation sites excluding steroid dienone is 3. The fraction of sp³-hybridized carbons (Fsp3) is 0.240. The van der Waals surface area contributed by atoms with E-state index >= 15 is 0 Å². The Kier molecular flexibility index (Phi) is 7.52. The second-order valence-corrected chi connectivity index (χ2v) is 10.6. The molecule has 0 spiro atoms. The molecule has 1 aliphatic carbocycles. The van der Waals surface area contributed by atoms with Crippen molar-refractivity contribution >= 4 is 51.1 Å². The molecule has 0 aromatic heterocycles. The third kappa shape index (κ3) is 4.90. The molecule has 0 bridgehead atoms. The van der Waals surface area contributed by atoms with Gasteiger partial charge in [-0.05, 0) is 61.7 Å². The topological polar surface area (TPSA) is 126 Å². The lowest BCUT2D eigenvalue weighted by molar-refractivity contribution is -0.116. The molecule has 0 radical (unpaired) electrons. The number of halogens is 2. The van der Waals surface area contributed by atoms with Gasteiger partial charge in [0.25, 0.3) is 0 Å². The zero-order valence-corrected chi connectivity index (χ0v) is 21.6. The van der Waals surface area contributed by atoms with Crippen LogP contribution < -0.4 is 10.0 Å².